The number of carbonyl (C=O) groups excluding carboxylic acids is 2. The Morgan fingerprint density at radius 3 is 1.64 bits per heavy atom. The van der Waals surface area contributed by atoms with Gasteiger partial charge in [-0.25, -0.2) is 0 Å². The van der Waals surface area contributed by atoms with Crippen molar-refractivity contribution in [2.24, 2.45) is 22.7 Å². The Kier molecular flexibility index (Phi) is 14.9. The summed E-state index contributed by atoms with van der Waals surface area (Å²) in [6.45, 7) is 20.1. The molecule has 0 aliphatic heterocycles. The molecule has 180 valence electrons. The Morgan fingerprint density at radius 1 is 0.909 bits per heavy atom. The first kappa shape index (κ1) is 33.6. The molecule has 33 heavy (non-hydrogen) atoms. The number of hydrogen-bond acceptors (Lipinski definition) is 4. The van der Waals surface area contributed by atoms with Gasteiger partial charge in [-0.1, -0.05) is 69.7 Å². The Balaban J connectivity index is 0. The van der Waals surface area contributed by atoms with Crippen LogP contribution in [-0.2, 0) is 14.3 Å². The molecule has 2 rings (SSSR count). The fourth-order valence-electron chi connectivity index (χ4n) is 4.62. The van der Waals surface area contributed by atoms with Gasteiger partial charge in [-0.2, -0.15) is 0 Å². The molecule has 0 bridgehead atoms. The number of allylic oxidation sites excluding steroid dienone is 8. The van der Waals surface area contributed by atoms with Crippen LogP contribution in [0.15, 0.2) is 59.9 Å². The van der Waals surface area contributed by atoms with E-state index in [-0.39, 0.29) is 41.5 Å². The number of rotatable bonds is 5. The van der Waals surface area contributed by atoms with Gasteiger partial charge in [-0.05, 0) is 69.4 Å². The number of esters is 1. The topological polar surface area (TPSA) is 73.4 Å². The molecular weight excluding hydrogens is 407 g/mol. The zero-order chi connectivity index (χ0) is 23.8. The summed E-state index contributed by atoms with van der Waals surface area (Å²) in [5.74, 6) is 1.05. The molecule has 0 unspecified atom stereocenters. The third-order valence-electron chi connectivity index (χ3n) is 6.45. The van der Waals surface area contributed by atoms with E-state index in [0.29, 0.717) is 23.0 Å². The minimum atomic E-state index is -0.324. The van der Waals surface area contributed by atoms with Crippen LogP contribution in [0, 0.1) is 22.7 Å². The van der Waals surface area contributed by atoms with Crippen molar-refractivity contribution >= 4 is 11.8 Å². The van der Waals surface area contributed by atoms with Crippen molar-refractivity contribution in [3.63, 3.8) is 0 Å². The van der Waals surface area contributed by atoms with Gasteiger partial charge in [-0.15, -0.1) is 0 Å². The van der Waals surface area contributed by atoms with E-state index in [1.165, 1.54) is 37.3 Å². The Morgan fingerprint density at radius 2 is 1.30 bits per heavy atom. The van der Waals surface area contributed by atoms with Crippen LogP contribution in [0.3, 0.4) is 0 Å². The van der Waals surface area contributed by atoms with E-state index in [2.05, 4.69) is 72.4 Å². The predicted molar refractivity (Wildman–Crippen MR) is 132 cm³/mol. The van der Waals surface area contributed by atoms with E-state index in [4.69, 9.17) is 4.74 Å². The van der Waals surface area contributed by atoms with Crippen molar-refractivity contribution in [1.29, 1.82) is 0 Å². The first-order chi connectivity index (χ1) is 14.3. The maximum Gasteiger partial charge on any atom is 1.00 e. The van der Waals surface area contributed by atoms with Gasteiger partial charge in [-0.3, -0.25) is 9.59 Å². The van der Waals surface area contributed by atoms with Gasteiger partial charge >= 0.3 is 24.8 Å². The molecule has 2 aliphatic rings. The molecule has 0 aromatic rings. The van der Waals surface area contributed by atoms with Gasteiger partial charge in [0.1, 0.15) is 5.76 Å². The van der Waals surface area contributed by atoms with E-state index < -0.39 is 0 Å². The van der Waals surface area contributed by atoms with E-state index >= 15 is 0 Å². The van der Waals surface area contributed by atoms with Gasteiger partial charge in [0.15, 0.2) is 5.78 Å². The summed E-state index contributed by atoms with van der Waals surface area (Å²) in [4.78, 5) is 21.7. The minimum absolute atomic E-state index is 0. The molecule has 0 fully saturated rings. The normalized spacial score (nSPS) is 23.2. The largest absolute Gasteiger partial charge is 1.00 e. The standard InChI is InChI=1S/C15H22O2.C13H20O.Li.H2O/c1-11-7-6-10-15(4,5)14(11)9-8-12(2)17-13(3)16;1-10-6-5-9-13(3,4)12(10)8-7-11(2)14;;/h7-9,14H,2,6,10H2,1,3-5H3;6-8,12H,5,9H2,1-4H3;;1H2/q;;+1;/p-1/b9-8+;8-7+;;/t14-;12-;;/m00../s1. The number of ether oxygens (including phenoxy) is 1. The third kappa shape index (κ3) is 11.4. The van der Waals surface area contributed by atoms with Crippen molar-refractivity contribution in [3.8, 4) is 0 Å². The molecule has 2 aliphatic carbocycles. The van der Waals surface area contributed by atoms with Gasteiger partial charge in [0.2, 0.25) is 0 Å². The first-order valence-electron chi connectivity index (χ1n) is 11.3. The molecule has 1 N–H and O–H groups in total. The Hall–Kier alpha value is -1.60. The summed E-state index contributed by atoms with van der Waals surface area (Å²) in [6, 6.07) is 0. The van der Waals surface area contributed by atoms with E-state index in [0.717, 1.165) is 6.42 Å². The monoisotopic (exact) mass is 450 g/mol. The van der Waals surface area contributed by atoms with E-state index in [1.54, 1.807) is 19.1 Å². The van der Waals surface area contributed by atoms with Crippen LogP contribution in [0.5, 0.6) is 0 Å². The van der Waals surface area contributed by atoms with Gasteiger partial charge in [0.25, 0.3) is 0 Å². The van der Waals surface area contributed by atoms with Crippen LogP contribution >= 0.6 is 0 Å². The van der Waals surface area contributed by atoms with Crippen molar-refractivity contribution in [2.45, 2.75) is 81.1 Å². The fraction of sp³-hybridized carbons (Fsp3) is 0.571. The Labute approximate surface area is 213 Å². The molecule has 0 aromatic carbocycles. The van der Waals surface area contributed by atoms with E-state index in [9.17, 15) is 9.59 Å². The summed E-state index contributed by atoms with van der Waals surface area (Å²) >= 11 is 0. The second-order valence-electron chi connectivity index (χ2n) is 10.3. The maximum absolute atomic E-state index is 10.9. The smallest absolute Gasteiger partial charge is 0.870 e. The average Bonchev–Trinajstić information content (AvgIpc) is 2.59. The zero-order valence-corrected chi connectivity index (χ0v) is 22.3. The number of ketones is 1. The molecule has 0 heterocycles. The van der Waals surface area contributed by atoms with Gasteiger partial charge in [0, 0.05) is 18.8 Å². The van der Waals surface area contributed by atoms with Crippen LogP contribution in [0.1, 0.15) is 81.1 Å². The van der Waals surface area contributed by atoms with Gasteiger partial charge in [0.05, 0.1) is 0 Å². The average molecular weight is 451 g/mol. The van der Waals surface area contributed by atoms with Crippen molar-refractivity contribution in [2.75, 3.05) is 0 Å². The van der Waals surface area contributed by atoms with Crippen molar-refractivity contribution in [1.82, 2.24) is 0 Å². The van der Waals surface area contributed by atoms with Crippen LogP contribution in [0.25, 0.3) is 0 Å². The predicted octanol–water partition coefficient (Wildman–Crippen LogP) is 4.34. The second-order valence-corrected chi connectivity index (χ2v) is 10.3. The zero-order valence-electron chi connectivity index (χ0n) is 22.3. The van der Waals surface area contributed by atoms with Crippen LogP contribution in [-0.4, -0.2) is 17.2 Å². The second kappa shape index (κ2) is 14.6. The van der Waals surface area contributed by atoms with Crippen LogP contribution < -0.4 is 18.9 Å². The summed E-state index contributed by atoms with van der Waals surface area (Å²) < 4.78 is 4.91. The quantitative estimate of drug-likeness (QED) is 0.156. The maximum atomic E-state index is 10.9. The van der Waals surface area contributed by atoms with Crippen LogP contribution in [0.2, 0.25) is 0 Å². The molecule has 0 radical (unpaired) electrons. The summed E-state index contributed by atoms with van der Waals surface area (Å²) in [5, 5.41) is 0. The number of carbonyl (C=O) groups is 2. The molecule has 0 spiro atoms. The first-order valence-corrected chi connectivity index (χ1v) is 11.3. The molecule has 0 amide bonds. The molecule has 4 nitrogen and oxygen atoms in total. The number of hydrogen-bond donors (Lipinski definition) is 0. The van der Waals surface area contributed by atoms with Crippen molar-refractivity contribution < 1.29 is 38.7 Å². The summed E-state index contributed by atoms with van der Waals surface area (Å²) in [5.41, 5.74) is 3.34. The summed E-state index contributed by atoms with van der Waals surface area (Å²) in [6.07, 6.45) is 16.9. The molecule has 0 saturated carbocycles. The summed E-state index contributed by atoms with van der Waals surface area (Å²) in [7, 11) is 0. The van der Waals surface area contributed by atoms with Crippen LogP contribution in [0.4, 0.5) is 0 Å². The molecule has 2 atom stereocenters. The molecule has 0 saturated heterocycles. The molecule has 5 heteroatoms. The molecule has 0 aromatic heterocycles. The Bertz CT molecular complexity index is 797. The van der Waals surface area contributed by atoms with Crippen molar-refractivity contribution in [3.05, 3.63) is 59.9 Å². The SMILES string of the molecule is C=C(/C=C/[C@H]1C(C)=CCCC1(C)C)OC(C)=O.CC(=O)/C=C/[C@H]1C(C)=CCCC1(C)C.[Li+].[OH-]. The minimum Gasteiger partial charge on any atom is -0.870 e. The third-order valence-corrected chi connectivity index (χ3v) is 6.45. The van der Waals surface area contributed by atoms with Gasteiger partial charge < -0.3 is 10.2 Å². The molecular formula is C28H43LiO4. The van der Waals surface area contributed by atoms with E-state index in [1.807, 2.05) is 0 Å². The fourth-order valence-corrected chi connectivity index (χ4v) is 4.62.